The van der Waals surface area contributed by atoms with Crippen LogP contribution in [0.15, 0.2) is 107 Å². The molecule has 38 heavy (non-hydrogen) atoms. The fourth-order valence-corrected chi connectivity index (χ4v) is 4.76. The highest BCUT2D eigenvalue weighted by Gasteiger charge is 2.23. The Bertz CT molecular complexity index is 1590. The maximum atomic E-state index is 13.5. The molecule has 0 spiro atoms. The summed E-state index contributed by atoms with van der Waals surface area (Å²) < 4.78 is 5.89. The van der Waals surface area contributed by atoms with E-state index in [1.807, 2.05) is 98.0 Å². The van der Waals surface area contributed by atoms with Crippen LogP contribution in [0.2, 0.25) is 0 Å². The van der Waals surface area contributed by atoms with E-state index in [0.29, 0.717) is 23.3 Å². The third-order valence-corrected chi connectivity index (χ3v) is 6.94. The lowest BCUT2D eigenvalue weighted by Crippen LogP contribution is -2.46. The van der Waals surface area contributed by atoms with Gasteiger partial charge in [-0.3, -0.25) is 9.59 Å². The van der Waals surface area contributed by atoms with Crippen molar-refractivity contribution < 1.29 is 9.21 Å². The van der Waals surface area contributed by atoms with Crippen molar-refractivity contribution in [3.63, 3.8) is 0 Å². The number of rotatable bonds is 9. The van der Waals surface area contributed by atoms with Crippen LogP contribution in [0.25, 0.3) is 22.2 Å². The summed E-state index contributed by atoms with van der Waals surface area (Å²) in [6, 6.07) is 26.7. The molecular weight excluding hydrogens is 474 g/mol. The SMILES string of the molecule is Cc1c(-c2ccccc2)occ(CNC(Cc2c[nH]c3ccccc23)C(=O)NC(C)c2ccccc2)c1=O. The summed E-state index contributed by atoms with van der Waals surface area (Å²) in [4.78, 5) is 30.0. The van der Waals surface area contributed by atoms with E-state index in [0.717, 1.165) is 27.6 Å². The molecule has 5 aromatic rings. The molecule has 0 saturated heterocycles. The number of hydrogen-bond donors (Lipinski definition) is 3. The molecule has 0 radical (unpaired) electrons. The van der Waals surface area contributed by atoms with Gasteiger partial charge < -0.3 is 20.0 Å². The minimum atomic E-state index is -0.561. The smallest absolute Gasteiger partial charge is 0.237 e. The first kappa shape index (κ1) is 25.2. The number of para-hydroxylation sites is 1. The second kappa shape index (κ2) is 11.3. The van der Waals surface area contributed by atoms with Gasteiger partial charge in [-0.1, -0.05) is 78.9 Å². The number of aromatic nitrogens is 1. The summed E-state index contributed by atoms with van der Waals surface area (Å²) in [7, 11) is 0. The molecule has 0 aliphatic heterocycles. The van der Waals surface area contributed by atoms with E-state index in [1.54, 1.807) is 6.92 Å². The second-order valence-corrected chi connectivity index (χ2v) is 9.55. The van der Waals surface area contributed by atoms with Crippen molar-refractivity contribution >= 4 is 16.8 Å². The van der Waals surface area contributed by atoms with Gasteiger partial charge in [0.05, 0.1) is 18.3 Å². The summed E-state index contributed by atoms with van der Waals surface area (Å²) in [5.41, 5.74) is 4.87. The minimum Gasteiger partial charge on any atom is -0.463 e. The monoisotopic (exact) mass is 505 g/mol. The van der Waals surface area contributed by atoms with Crippen molar-refractivity contribution in [2.75, 3.05) is 0 Å². The van der Waals surface area contributed by atoms with Crippen LogP contribution in [0.3, 0.4) is 0 Å². The summed E-state index contributed by atoms with van der Waals surface area (Å²) in [6.07, 6.45) is 3.90. The molecule has 2 unspecified atom stereocenters. The Labute approximate surface area is 221 Å². The maximum Gasteiger partial charge on any atom is 0.237 e. The molecule has 1 amide bonds. The molecule has 6 heteroatoms. The van der Waals surface area contributed by atoms with Gasteiger partial charge in [-0.25, -0.2) is 0 Å². The molecule has 3 aromatic carbocycles. The van der Waals surface area contributed by atoms with Crippen LogP contribution in [0.5, 0.6) is 0 Å². The number of nitrogens with one attached hydrogen (secondary N) is 3. The maximum absolute atomic E-state index is 13.5. The Morgan fingerprint density at radius 1 is 0.921 bits per heavy atom. The molecular formula is C32H31N3O3. The van der Waals surface area contributed by atoms with Crippen molar-refractivity contribution in [3.8, 4) is 11.3 Å². The number of carbonyl (C=O) groups excluding carboxylic acids is 1. The summed E-state index contributed by atoms with van der Waals surface area (Å²) in [5, 5.41) is 7.55. The molecule has 192 valence electrons. The quantitative estimate of drug-likeness (QED) is 0.241. The first-order valence-corrected chi connectivity index (χ1v) is 12.8. The van der Waals surface area contributed by atoms with E-state index in [9.17, 15) is 9.59 Å². The van der Waals surface area contributed by atoms with Gasteiger partial charge >= 0.3 is 0 Å². The molecule has 0 bridgehead atoms. The topological polar surface area (TPSA) is 87.1 Å². The van der Waals surface area contributed by atoms with E-state index >= 15 is 0 Å². The van der Waals surface area contributed by atoms with E-state index < -0.39 is 6.04 Å². The molecule has 6 nitrogen and oxygen atoms in total. The Balaban J connectivity index is 1.38. The van der Waals surface area contributed by atoms with Crippen LogP contribution >= 0.6 is 0 Å². The summed E-state index contributed by atoms with van der Waals surface area (Å²) >= 11 is 0. The van der Waals surface area contributed by atoms with Crippen molar-refractivity contribution in [1.29, 1.82) is 0 Å². The standard InChI is InChI=1S/C32H31N3O3/c1-21-30(36)26(20-38-31(21)24-13-7-4-8-14-24)19-34-29(17-25-18-33-28-16-10-9-15-27(25)28)32(37)35-22(2)23-11-5-3-6-12-23/h3-16,18,20,22,29,33-34H,17,19H2,1-2H3,(H,35,37). The zero-order valence-corrected chi connectivity index (χ0v) is 21.5. The highest BCUT2D eigenvalue weighted by molar-refractivity contribution is 5.86. The molecule has 0 saturated carbocycles. The number of H-pyrrole nitrogens is 1. The fourth-order valence-electron chi connectivity index (χ4n) is 4.76. The van der Waals surface area contributed by atoms with E-state index in [4.69, 9.17) is 4.42 Å². The lowest BCUT2D eigenvalue weighted by atomic mass is 10.0. The fraction of sp³-hybridized carbons (Fsp3) is 0.188. The summed E-state index contributed by atoms with van der Waals surface area (Å²) in [5.74, 6) is 0.428. The van der Waals surface area contributed by atoms with E-state index in [1.165, 1.54) is 6.26 Å². The average Bonchev–Trinajstić information content (AvgIpc) is 3.36. The van der Waals surface area contributed by atoms with Gasteiger partial charge in [0.2, 0.25) is 5.91 Å². The van der Waals surface area contributed by atoms with Crippen LogP contribution in [0, 0.1) is 6.92 Å². The molecule has 3 N–H and O–H groups in total. The normalized spacial score (nSPS) is 12.8. The highest BCUT2D eigenvalue weighted by atomic mass is 16.3. The molecule has 2 atom stereocenters. The number of aromatic amines is 1. The largest absolute Gasteiger partial charge is 0.463 e. The molecule has 5 rings (SSSR count). The van der Waals surface area contributed by atoms with Gasteiger partial charge in [0.15, 0.2) is 5.43 Å². The van der Waals surface area contributed by atoms with Crippen LogP contribution in [-0.4, -0.2) is 16.9 Å². The van der Waals surface area contributed by atoms with Crippen molar-refractivity contribution in [3.05, 3.63) is 130 Å². The lowest BCUT2D eigenvalue weighted by Gasteiger charge is -2.22. The Morgan fingerprint density at radius 3 is 2.37 bits per heavy atom. The van der Waals surface area contributed by atoms with Crippen LogP contribution in [0.4, 0.5) is 0 Å². The van der Waals surface area contributed by atoms with E-state index in [2.05, 4.69) is 15.6 Å². The van der Waals surface area contributed by atoms with Gasteiger partial charge in [0.25, 0.3) is 0 Å². The zero-order valence-electron chi connectivity index (χ0n) is 21.5. The van der Waals surface area contributed by atoms with Crippen LogP contribution < -0.4 is 16.1 Å². The number of hydrogen-bond acceptors (Lipinski definition) is 4. The highest BCUT2D eigenvalue weighted by Crippen LogP contribution is 2.22. The van der Waals surface area contributed by atoms with Crippen molar-refractivity contribution in [2.45, 2.75) is 38.9 Å². The van der Waals surface area contributed by atoms with Gasteiger partial charge in [0, 0.05) is 40.3 Å². The number of benzene rings is 3. The van der Waals surface area contributed by atoms with Crippen LogP contribution in [-0.2, 0) is 17.8 Å². The zero-order chi connectivity index (χ0) is 26.5. The van der Waals surface area contributed by atoms with Crippen molar-refractivity contribution in [2.24, 2.45) is 0 Å². The lowest BCUT2D eigenvalue weighted by molar-refractivity contribution is -0.123. The third-order valence-electron chi connectivity index (χ3n) is 6.94. The number of fused-ring (bicyclic) bond motifs is 1. The van der Waals surface area contributed by atoms with Gasteiger partial charge in [-0.15, -0.1) is 0 Å². The summed E-state index contributed by atoms with van der Waals surface area (Å²) in [6.45, 7) is 3.95. The molecule has 0 fully saturated rings. The number of amides is 1. The molecule has 2 aromatic heterocycles. The second-order valence-electron chi connectivity index (χ2n) is 9.55. The van der Waals surface area contributed by atoms with Gasteiger partial charge in [0.1, 0.15) is 5.76 Å². The Morgan fingerprint density at radius 2 is 1.61 bits per heavy atom. The molecule has 0 aliphatic rings. The minimum absolute atomic E-state index is 0.0912. The average molecular weight is 506 g/mol. The van der Waals surface area contributed by atoms with Crippen molar-refractivity contribution in [1.82, 2.24) is 15.6 Å². The first-order chi connectivity index (χ1) is 18.5. The predicted molar refractivity (Wildman–Crippen MR) is 151 cm³/mol. The van der Waals surface area contributed by atoms with Crippen LogP contribution in [0.1, 0.15) is 35.2 Å². The first-order valence-electron chi connectivity index (χ1n) is 12.8. The third kappa shape index (κ3) is 5.45. The molecule has 0 aliphatic carbocycles. The Kier molecular flexibility index (Phi) is 7.52. The van der Waals surface area contributed by atoms with Gasteiger partial charge in [-0.05, 0) is 37.5 Å². The van der Waals surface area contributed by atoms with Gasteiger partial charge in [-0.2, -0.15) is 0 Å². The Hall–Kier alpha value is -4.42. The van der Waals surface area contributed by atoms with E-state index in [-0.39, 0.29) is 23.9 Å². The predicted octanol–water partition coefficient (Wildman–Crippen LogP) is 5.67. The molecule has 2 heterocycles. The number of carbonyl (C=O) groups is 1.